The molecule has 7 nitrogen and oxygen atoms in total. The van der Waals surface area contributed by atoms with Gasteiger partial charge >= 0.3 is 5.82 Å². The third-order valence-electron chi connectivity index (χ3n) is 3.55. The lowest BCUT2D eigenvalue weighted by molar-refractivity contribution is -0.390. The number of hydrogen-bond acceptors (Lipinski definition) is 5. The average Bonchev–Trinajstić information content (AvgIpc) is 2.52. The van der Waals surface area contributed by atoms with E-state index < -0.39 is 16.8 Å². The quantitative estimate of drug-likeness (QED) is 0.671. The predicted molar refractivity (Wildman–Crippen MR) is 90.3 cm³/mol. The van der Waals surface area contributed by atoms with Crippen molar-refractivity contribution in [3.8, 4) is 5.75 Å². The van der Waals surface area contributed by atoms with Crippen LogP contribution in [0.15, 0.2) is 30.3 Å². The Balaban J connectivity index is 2.17. The summed E-state index contributed by atoms with van der Waals surface area (Å²) < 4.78 is 5.46. The molecule has 24 heavy (non-hydrogen) atoms. The Kier molecular flexibility index (Phi) is 5.13. The molecule has 1 atom stereocenters. The zero-order valence-corrected chi connectivity index (χ0v) is 14.0. The average molecular weight is 329 g/mol. The lowest BCUT2D eigenvalue weighted by Gasteiger charge is -2.16. The molecule has 1 aromatic carbocycles. The van der Waals surface area contributed by atoms with Crippen molar-refractivity contribution in [2.24, 2.45) is 0 Å². The maximum atomic E-state index is 12.3. The number of pyridine rings is 1. The van der Waals surface area contributed by atoms with Crippen LogP contribution in [0.1, 0.15) is 23.7 Å². The van der Waals surface area contributed by atoms with Gasteiger partial charge < -0.3 is 20.2 Å². The number of carbonyl (C=O) groups is 1. The SMILES string of the molecule is Cc1ccc(O[C@@H](C)C(=O)Nc2c(C)cccc2C)c([N+](=O)[O-])n1. The van der Waals surface area contributed by atoms with Crippen LogP contribution in [0.4, 0.5) is 11.5 Å². The minimum atomic E-state index is -0.910. The number of anilines is 1. The number of aromatic nitrogens is 1. The van der Waals surface area contributed by atoms with Gasteiger partial charge in [-0.15, -0.1) is 0 Å². The maximum Gasteiger partial charge on any atom is 0.406 e. The molecular weight excluding hydrogens is 310 g/mol. The summed E-state index contributed by atoms with van der Waals surface area (Å²) in [6.07, 6.45) is -0.910. The molecule has 1 aromatic heterocycles. The molecule has 0 fully saturated rings. The first-order valence-electron chi connectivity index (χ1n) is 7.45. The fourth-order valence-electron chi connectivity index (χ4n) is 2.23. The molecule has 1 N–H and O–H groups in total. The first-order valence-corrected chi connectivity index (χ1v) is 7.45. The standard InChI is InChI=1S/C17H19N3O4/c1-10-6-5-7-11(2)15(10)19-17(21)13(4)24-14-9-8-12(3)18-16(14)20(22)23/h5-9,13H,1-4H3,(H,19,21)/t13-/m0/s1. The van der Waals surface area contributed by atoms with Crippen LogP contribution < -0.4 is 10.1 Å². The molecule has 0 saturated heterocycles. The van der Waals surface area contributed by atoms with Gasteiger partial charge in [0, 0.05) is 12.6 Å². The second-order valence-electron chi connectivity index (χ2n) is 5.55. The molecule has 0 aliphatic carbocycles. The number of benzene rings is 1. The van der Waals surface area contributed by atoms with Gasteiger partial charge in [-0.1, -0.05) is 18.2 Å². The van der Waals surface area contributed by atoms with E-state index in [1.807, 2.05) is 32.0 Å². The van der Waals surface area contributed by atoms with Gasteiger partial charge in [-0.3, -0.25) is 4.79 Å². The fraction of sp³-hybridized carbons (Fsp3) is 0.294. The molecule has 0 aliphatic rings. The van der Waals surface area contributed by atoms with Crippen molar-refractivity contribution in [2.75, 3.05) is 5.32 Å². The Labute approximate surface area is 139 Å². The second-order valence-corrected chi connectivity index (χ2v) is 5.55. The van der Waals surface area contributed by atoms with E-state index in [4.69, 9.17) is 4.74 Å². The lowest BCUT2D eigenvalue weighted by atomic mass is 10.1. The van der Waals surface area contributed by atoms with Gasteiger partial charge in [-0.2, -0.15) is 0 Å². The number of para-hydroxylation sites is 1. The largest absolute Gasteiger partial charge is 0.473 e. The third-order valence-corrected chi connectivity index (χ3v) is 3.55. The highest BCUT2D eigenvalue weighted by atomic mass is 16.6. The highest BCUT2D eigenvalue weighted by Gasteiger charge is 2.23. The summed E-state index contributed by atoms with van der Waals surface area (Å²) in [4.78, 5) is 26.6. The lowest BCUT2D eigenvalue weighted by Crippen LogP contribution is -2.31. The van der Waals surface area contributed by atoms with Crippen molar-refractivity contribution < 1.29 is 14.5 Å². The summed E-state index contributed by atoms with van der Waals surface area (Å²) in [7, 11) is 0. The Morgan fingerprint density at radius 2 is 1.83 bits per heavy atom. The van der Waals surface area contributed by atoms with E-state index in [9.17, 15) is 14.9 Å². The number of hydrogen-bond donors (Lipinski definition) is 1. The van der Waals surface area contributed by atoms with Crippen molar-refractivity contribution in [1.29, 1.82) is 0 Å². The van der Waals surface area contributed by atoms with Gasteiger partial charge in [0.05, 0.1) is 0 Å². The Morgan fingerprint density at radius 3 is 2.42 bits per heavy atom. The summed E-state index contributed by atoms with van der Waals surface area (Å²) in [5, 5.41) is 13.9. The summed E-state index contributed by atoms with van der Waals surface area (Å²) in [6, 6.07) is 8.73. The van der Waals surface area contributed by atoms with Crippen molar-refractivity contribution in [1.82, 2.24) is 4.98 Å². The van der Waals surface area contributed by atoms with E-state index in [2.05, 4.69) is 10.3 Å². The van der Waals surface area contributed by atoms with Gasteiger partial charge in [0.15, 0.2) is 6.10 Å². The summed E-state index contributed by atoms with van der Waals surface area (Å²) >= 11 is 0. The van der Waals surface area contributed by atoms with E-state index >= 15 is 0 Å². The first-order chi connectivity index (χ1) is 11.3. The topological polar surface area (TPSA) is 94.4 Å². The van der Waals surface area contributed by atoms with Crippen molar-refractivity contribution in [3.63, 3.8) is 0 Å². The van der Waals surface area contributed by atoms with E-state index in [0.717, 1.165) is 16.8 Å². The molecule has 2 aromatic rings. The smallest absolute Gasteiger partial charge is 0.406 e. The molecule has 7 heteroatoms. The number of nitrogens with zero attached hydrogens (tertiary/aromatic N) is 2. The van der Waals surface area contributed by atoms with Crippen molar-refractivity contribution in [3.05, 3.63) is 57.3 Å². The maximum absolute atomic E-state index is 12.3. The molecule has 2 rings (SSSR count). The van der Waals surface area contributed by atoms with E-state index in [-0.39, 0.29) is 11.7 Å². The van der Waals surface area contributed by atoms with E-state index in [0.29, 0.717) is 5.69 Å². The van der Waals surface area contributed by atoms with Gasteiger partial charge in [0.25, 0.3) is 5.91 Å². The van der Waals surface area contributed by atoms with Gasteiger partial charge in [-0.05, 0) is 53.9 Å². The zero-order chi connectivity index (χ0) is 17.9. The Hall–Kier alpha value is -2.96. The van der Waals surface area contributed by atoms with Crippen LogP contribution in [-0.4, -0.2) is 21.9 Å². The van der Waals surface area contributed by atoms with Crippen molar-refractivity contribution in [2.45, 2.75) is 33.8 Å². The van der Waals surface area contributed by atoms with Gasteiger partial charge in [0.1, 0.15) is 5.69 Å². The first kappa shape index (κ1) is 17.4. The summed E-state index contributed by atoms with van der Waals surface area (Å²) in [5.74, 6) is -0.821. The molecule has 0 spiro atoms. The monoisotopic (exact) mass is 329 g/mol. The molecule has 0 bridgehead atoms. The zero-order valence-electron chi connectivity index (χ0n) is 14.0. The number of carbonyl (C=O) groups excluding carboxylic acids is 1. The molecule has 0 aliphatic heterocycles. The van der Waals surface area contributed by atoms with E-state index in [1.165, 1.54) is 13.0 Å². The molecule has 1 heterocycles. The van der Waals surface area contributed by atoms with Crippen molar-refractivity contribution >= 4 is 17.4 Å². The van der Waals surface area contributed by atoms with Crippen LogP contribution in [0.5, 0.6) is 5.75 Å². The molecule has 0 radical (unpaired) electrons. The number of amides is 1. The Morgan fingerprint density at radius 1 is 1.21 bits per heavy atom. The summed E-state index contributed by atoms with van der Waals surface area (Å²) in [5.41, 5.74) is 3.08. The number of ether oxygens (including phenoxy) is 1. The number of rotatable bonds is 5. The minimum Gasteiger partial charge on any atom is -0.473 e. The van der Waals surface area contributed by atoms with Gasteiger partial charge in [0.2, 0.25) is 5.75 Å². The van der Waals surface area contributed by atoms with E-state index in [1.54, 1.807) is 13.0 Å². The van der Waals surface area contributed by atoms with Gasteiger partial charge in [-0.25, -0.2) is 0 Å². The fourth-order valence-corrected chi connectivity index (χ4v) is 2.23. The van der Waals surface area contributed by atoms with Crippen LogP contribution in [0.25, 0.3) is 0 Å². The molecule has 0 saturated carbocycles. The normalized spacial score (nSPS) is 11.7. The van der Waals surface area contributed by atoms with Crippen LogP contribution >= 0.6 is 0 Å². The number of nitrogens with one attached hydrogen (secondary N) is 1. The van der Waals surface area contributed by atoms with Crippen LogP contribution in [0.2, 0.25) is 0 Å². The third kappa shape index (κ3) is 3.87. The molecular formula is C17H19N3O4. The van der Waals surface area contributed by atoms with Crippen LogP contribution in [0.3, 0.4) is 0 Å². The minimum absolute atomic E-state index is 0.0326. The molecule has 0 unspecified atom stereocenters. The predicted octanol–water partition coefficient (Wildman–Crippen LogP) is 3.32. The number of aryl methyl sites for hydroxylation is 3. The number of nitro groups is 1. The summed E-state index contributed by atoms with van der Waals surface area (Å²) in [6.45, 7) is 6.96. The second kappa shape index (κ2) is 7.08. The molecule has 126 valence electrons. The highest BCUT2D eigenvalue weighted by molar-refractivity contribution is 5.95. The molecule has 1 amide bonds. The Bertz CT molecular complexity index is 769. The highest BCUT2D eigenvalue weighted by Crippen LogP contribution is 2.26. The van der Waals surface area contributed by atoms with Crippen LogP contribution in [-0.2, 0) is 4.79 Å². The van der Waals surface area contributed by atoms with Crippen LogP contribution in [0, 0.1) is 30.9 Å².